The lowest BCUT2D eigenvalue weighted by Gasteiger charge is -2.49. The summed E-state index contributed by atoms with van der Waals surface area (Å²) in [7, 11) is 0. The molecule has 0 atom stereocenters. The number of nitrogens with zero attached hydrogens (tertiary/aromatic N) is 2. The van der Waals surface area contributed by atoms with E-state index in [1.807, 2.05) is 13.8 Å². The fourth-order valence-electron chi connectivity index (χ4n) is 1.91. The number of hydrogen-bond donors (Lipinski definition) is 1. The summed E-state index contributed by atoms with van der Waals surface area (Å²) in [5.74, 6) is 0.328. The van der Waals surface area contributed by atoms with Gasteiger partial charge in [0.05, 0.1) is 18.7 Å². The van der Waals surface area contributed by atoms with Crippen molar-refractivity contribution in [2.45, 2.75) is 25.6 Å². The van der Waals surface area contributed by atoms with Crippen LogP contribution in [0.3, 0.4) is 0 Å². The molecule has 0 aromatic carbocycles. The van der Waals surface area contributed by atoms with Crippen LogP contribution in [0.2, 0.25) is 0 Å². The highest BCUT2D eigenvalue weighted by atomic mass is 19.4. The van der Waals surface area contributed by atoms with E-state index in [4.69, 9.17) is 0 Å². The van der Waals surface area contributed by atoms with E-state index in [9.17, 15) is 18.3 Å². The lowest BCUT2D eigenvalue weighted by Crippen LogP contribution is -2.65. The van der Waals surface area contributed by atoms with Gasteiger partial charge >= 0.3 is 6.18 Å². The van der Waals surface area contributed by atoms with Crippen molar-refractivity contribution in [2.75, 3.05) is 18.0 Å². The Bertz CT molecular complexity index is 439. The molecule has 0 spiro atoms. The molecule has 1 aromatic rings. The van der Waals surface area contributed by atoms with Gasteiger partial charge in [0, 0.05) is 6.20 Å². The molecule has 0 radical (unpaired) electrons. The number of rotatable bonds is 2. The Morgan fingerprint density at radius 3 is 2.50 bits per heavy atom. The molecule has 0 amide bonds. The molecular weight excluding hydrogens is 245 g/mol. The molecule has 6 heteroatoms. The predicted octanol–water partition coefficient (Wildman–Crippen LogP) is 2.31. The molecule has 0 aliphatic carbocycles. The average molecular weight is 260 g/mol. The van der Waals surface area contributed by atoms with Crippen LogP contribution < -0.4 is 4.90 Å². The summed E-state index contributed by atoms with van der Waals surface area (Å²) in [5.41, 5.74) is -1.54. The molecule has 1 aliphatic rings. The molecule has 3 nitrogen and oxygen atoms in total. The Labute approximate surface area is 103 Å². The molecule has 2 heterocycles. The standard InChI is InChI=1S/C12H15F3N2O/c1-8(2)11(18)6-17(7-11)10-5-9(3-4-16-10)12(13,14)15/h3-5,8,18H,6-7H2,1-2H3. The van der Waals surface area contributed by atoms with E-state index in [1.54, 1.807) is 4.90 Å². The first-order valence-corrected chi connectivity index (χ1v) is 5.73. The van der Waals surface area contributed by atoms with Crippen molar-refractivity contribution in [1.29, 1.82) is 0 Å². The number of hydrogen-bond acceptors (Lipinski definition) is 3. The molecule has 0 unspecified atom stereocenters. The Balaban J connectivity index is 2.13. The van der Waals surface area contributed by atoms with Crippen LogP contribution in [0.25, 0.3) is 0 Å². The molecule has 100 valence electrons. The maximum atomic E-state index is 12.5. The van der Waals surface area contributed by atoms with Gasteiger partial charge in [0.1, 0.15) is 11.4 Å². The molecule has 1 aliphatic heterocycles. The number of aromatic nitrogens is 1. The first-order chi connectivity index (χ1) is 8.22. The molecule has 0 saturated carbocycles. The van der Waals surface area contributed by atoms with Crippen molar-refractivity contribution in [1.82, 2.24) is 4.98 Å². The van der Waals surface area contributed by atoms with Gasteiger partial charge in [-0.25, -0.2) is 4.98 Å². The predicted molar refractivity (Wildman–Crippen MR) is 61.2 cm³/mol. The van der Waals surface area contributed by atoms with Gasteiger partial charge in [-0.15, -0.1) is 0 Å². The van der Waals surface area contributed by atoms with Gasteiger partial charge in [0.25, 0.3) is 0 Å². The third kappa shape index (κ3) is 2.29. The molecule has 1 N–H and O–H groups in total. The summed E-state index contributed by atoms with van der Waals surface area (Å²) in [4.78, 5) is 5.56. The minimum Gasteiger partial charge on any atom is -0.386 e. The lowest BCUT2D eigenvalue weighted by atomic mass is 9.83. The van der Waals surface area contributed by atoms with Crippen LogP contribution in [-0.4, -0.2) is 28.8 Å². The zero-order valence-electron chi connectivity index (χ0n) is 10.2. The van der Waals surface area contributed by atoms with E-state index in [0.29, 0.717) is 13.1 Å². The minimum atomic E-state index is -4.36. The van der Waals surface area contributed by atoms with E-state index < -0.39 is 17.3 Å². The second-order valence-electron chi connectivity index (χ2n) is 5.01. The van der Waals surface area contributed by atoms with Crippen molar-refractivity contribution in [3.63, 3.8) is 0 Å². The van der Waals surface area contributed by atoms with Gasteiger partial charge < -0.3 is 10.0 Å². The van der Waals surface area contributed by atoms with Crippen LogP contribution in [0.1, 0.15) is 19.4 Å². The summed E-state index contributed by atoms with van der Waals surface area (Å²) >= 11 is 0. The summed E-state index contributed by atoms with van der Waals surface area (Å²) in [6.45, 7) is 4.41. The van der Waals surface area contributed by atoms with Crippen LogP contribution in [0, 0.1) is 5.92 Å². The van der Waals surface area contributed by atoms with Crippen LogP contribution in [0.15, 0.2) is 18.3 Å². The number of pyridine rings is 1. The molecule has 0 bridgehead atoms. The lowest BCUT2D eigenvalue weighted by molar-refractivity contribution is -0.137. The highest BCUT2D eigenvalue weighted by Crippen LogP contribution is 2.35. The SMILES string of the molecule is CC(C)C1(O)CN(c2cc(C(F)(F)F)ccn2)C1. The number of β-amino-alcohol motifs (C(OH)–C–C–N with tert-alkyl or cyclic N) is 1. The Morgan fingerprint density at radius 1 is 1.39 bits per heavy atom. The highest BCUT2D eigenvalue weighted by molar-refractivity contribution is 5.46. The van der Waals surface area contributed by atoms with Gasteiger partial charge in [-0.2, -0.15) is 13.2 Å². The van der Waals surface area contributed by atoms with Crippen molar-refractivity contribution in [3.05, 3.63) is 23.9 Å². The fraction of sp³-hybridized carbons (Fsp3) is 0.583. The van der Waals surface area contributed by atoms with Gasteiger partial charge in [0.15, 0.2) is 0 Å². The smallest absolute Gasteiger partial charge is 0.386 e. The van der Waals surface area contributed by atoms with E-state index in [1.165, 1.54) is 0 Å². The monoisotopic (exact) mass is 260 g/mol. The molecule has 2 rings (SSSR count). The highest BCUT2D eigenvalue weighted by Gasteiger charge is 2.44. The zero-order valence-corrected chi connectivity index (χ0v) is 10.2. The quantitative estimate of drug-likeness (QED) is 0.886. The second kappa shape index (κ2) is 4.12. The summed E-state index contributed by atoms with van der Waals surface area (Å²) in [6, 6.07) is 1.96. The molecule has 1 saturated heterocycles. The first-order valence-electron chi connectivity index (χ1n) is 5.73. The fourth-order valence-corrected chi connectivity index (χ4v) is 1.91. The molecule has 1 aromatic heterocycles. The third-order valence-corrected chi connectivity index (χ3v) is 3.40. The first kappa shape index (κ1) is 13.1. The third-order valence-electron chi connectivity index (χ3n) is 3.40. The second-order valence-corrected chi connectivity index (χ2v) is 5.01. The molecule has 1 fully saturated rings. The van der Waals surface area contributed by atoms with E-state index in [0.717, 1.165) is 18.3 Å². The van der Waals surface area contributed by atoms with Crippen LogP contribution in [-0.2, 0) is 6.18 Å². The normalized spacial score (nSPS) is 18.9. The Morgan fingerprint density at radius 2 is 2.00 bits per heavy atom. The van der Waals surface area contributed by atoms with Crippen molar-refractivity contribution < 1.29 is 18.3 Å². The number of aliphatic hydroxyl groups is 1. The summed E-state index contributed by atoms with van der Waals surface area (Å²) in [5, 5.41) is 10.1. The van der Waals surface area contributed by atoms with Crippen LogP contribution >= 0.6 is 0 Å². The van der Waals surface area contributed by atoms with Gasteiger partial charge in [0.2, 0.25) is 0 Å². The van der Waals surface area contributed by atoms with Crippen LogP contribution in [0.5, 0.6) is 0 Å². The maximum absolute atomic E-state index is 12.5. The topological polar surface area (TPSA) is 36.4 Å². The minimum absolute atomic E-state index is 0.0690. The van der Waals surface area contributed by atoms with E-state index >= 15 is 0 Å². The maximum Gasteiger partial charge on any atom is 0.416 e. The summed E-state index contributed by atoms with van der Waals surface area (Å²) in [6.07, 6.45) is -3.22. The van der Waals surface area contributed by atoms with Crippen molar-refractivity contribution in [3.8, 4) is 0 Å². The molecular formula is C12H15F3N2O. The zero-order chi connectivity index (χ0) is 13.6. The van der Waals surface area contributed by atoms with Gasteiger partial charge in [-0.3, -0.25) is 0 Å². The molecule has 18 heavy (non-hydrogen) atoms. The van der Waals surface area contributed by atoms with Crippen LogP contribution in [0.4, 0.5) is 19.0 Å². The Hall–Kier alpha value is -1.30. The number of halogens is 3. The number of anilines is 1. The van der Waals surface area contributed by atoms with Gasteiger partial charge in [-0.1, -0.05) is 13.8 Å². The van der Waals surface area contributed by atoms with Crippen molar-refractivity contribution in [2.24, 2.45) is 5.92 Å². The van der Waals surface area contributed by atoms with E-state index in [2.05, 4.69) is 4.98 Å². The summed E-state index contributed by atoms with van der Waals surface area (Å²) < 4.78 is 37.6. The van der Waals surface area contributed by atoms with Crippen molar-refractivity contribution >= 4 is 5.82 Å². The average Bonchev–Trinajstić information content (AvgIpc) is 2.23. The number of alkyl halides is 3. The largest absolute Gasteiger partial charge is 0.416 e. The van der Waals surface area contributed by atoms with Gasteiger partial charge in [-0.05, 0) is 18.1 Å². The Kier molecular flexibility index (Phi) is 3.01. The van der Waals surface area contributed by atoms with E-state index in [-0.39, 0.29) is 11.7 Å².